The Labute approximate surface area is 160 Å². The molecule has 1 aromatic rings. The summed E-state index contributed by atoms with van der Waals surface area (Å²) in [5, 5.41) is 0.561. The summed E-state index contributed by atoms with van der Waals surface area (Å²) in [6, 6.07) is 3.88. The largest absolute Gasteiger partial charge is 0.489 e. The Morgan fingerprint density at radius 1 is 1.15 bits per heavy atom. The first-order valence-corrected chi connectivity index (χ1v) is 10.1. The molecule has 1 heterocycles. The highest BCUT2D eigenvalue weighted by Crippen LogP contribution is 2.38. The van der Waals surface area contributed by atoms with Gasteiger partial charge in [-0.3, -0.25) is 9.69 Å². The zero-order valence-electron chi connectivity index (χ0n) is 15.3. The average molecular weight is 381 g/mol. The van der Waals surface area contributed by atoms with E-state index >= 15 is 0 Å². The number of nitrogens with two attached hydrogens (primary N) is 1. The van der Waals surface area contributed by atoms with Crippen molar-refractivity contribution in [1.82, 2.24) is 4.90 Å². The second-order valence-corrected chi connectivity index (χ2v) is 7.83. The molecule has 1 aliphatic heterocycles. The van der Waals surface area contributed by atoms with Gasteiger partial charge in [-0.05, 0) is 36.6 Å². The van der Waals surface area contributed by atoms with Crippen LogP contribution in [0.3, 0.4) is 0 Å². The third kappa shape index (κ3) is 5.52. The summed E-state index contributed by atoms with van der Waals surface area (Å²) >= 11 is 6.39. The van der Waals surface area contributed by atoms with Gasteiger partial charge in [-0.25, -0.2) is 0 Å². The van der Waals surface area contributed by atoms with E-state index in [2.05, 4.69) is 4.90 Å². The van der Waals surface area contributed by atoms with Crippen molar-refractivity contribution in [3.63, 3.8) is 0 Å². The van der Waals surface area contributed by atoms with Crippen molar-refractivity contribution < 1.29 is 14.3 Å². The first kappa shape index (κ1) is 19.3. The lowest BCUT2D eigenvalue weighted by Crippen LogP contribution is -2.35. The van der Waals surface area contributed by atoms with Gasteiger partial charge in [-0.15, -0.1) is 0 Å². The first-order valence-electron chi connectivity index (χ1n) is 9.70. The second-order valence-electron chi connectivity index (χ2n) is 7.43. The van der Waals surface area contributed by atoms with E-state index in [0.717, 1.165) is 30.9 Å². The number of ether oxygens (including phenoxy) is 2. The van der Waals surface area contributed by atoms with Gasteiger partial charge in [0, 0.05) is 13.0 Å². The first-order chi connectivity index (χ1) is 12.6. The van der Waals surface area contributed by atoms with Crippen molar-refractivity contribution in [2.45, 2.75) is 51.5 Å². The maximum Gasteiger partial charge on any atom is 0.231 e. The lowest BCUT2D eigenvalue weighted by molar-refractivity contribution is -0.119. The van der Waals surface area contributed by atoms with E-state index in [1.54, 1.807) is 0 Å². The normalized spacial score (nSPS) is 17.9. The maximum absolute atomic E-state index is 11.5. The molecule has 0 spiro atoms. The Balaban J connectivity index is 1.66. The van der Waals surface area contributed by atoms with Gasteiger partial charge < -0.3 is 15.2 Å². The van der Waals surface area contributed by atoms with Gasteiger partial charge in [-0.1, -0.05) is 43.7 Å². The van der Waals surface area contributed by atoms with E-state index in [0.29, 0.717) is 36.3 Å². The number of carbonyl (C=O) groups is 1. The highest BCUT2D eigenvalue weighted by molar-refractivity contribution is 6.32. The molecular weight excluding hydrogens is 352 g/mol. The standard InChI is InChI=1S/C20H29ClN2O3/c21-17-11-16(12-18-20(17)26-10-4-9-25-18)13-23(14-19(22)24)8-7-15-5-2-1-3-6-15/h11-12,15H,1-10,13-14H2,(H2,22,24). The molecule has 144 valence electrons. The molecule has 0 atom stereocenters. The molecule has 6 heteroatoms. The van der Waals surface area contributed by atoms with Crippen LogP contribution in [0.4, 0.5) is 0 Å². The van der Waals surface area contributed by atoms with Crippen LogP contribution in [-0.2, 0) is 11.3 Å². The molecule has 2 N–H and O–H groups in total. The summed E-state index contributed by atoms with van der Waals surface area (Å²) in [6.45, 7) is 3.01. The molecule has 1 saturated carbocycles. The SMILES string of the molecule is NC(=O)CN(CCC1CCCCC1)Cc1cc(Cl)c2c(c1)OCCCO2. The molecule has 0 aromatic heterocycles. The van der Waals surface area contributed by atoms with Crippen LogP contribution < -0.4 is 15.2 Å². The monoisotopic (exact) mass is 380 g/mol. The van der Waals surface area contributed by atoms with Crippen LogP contribution in [0.2, 0.25) is 5.02 Å². The lowest BCUT2D eigenvalue weighted by Gasteiger charge is -2.26. The third-order valence-electron chi connectivity index (χ3n) is 5.23. The fourth-order valence-electron chi connectivity index (χ4n) is 3.91. The van der Waals surface area contributed by atoms with Crippen LogP contribution in [0, 0.1) is 5.92 Å². The summed E-state index contributed by atoms with van der Waals surface area (Å²) < 4.78 is 11.5. The molecule has 0 saturated heterocycles. The van der Waals surface area contributed by atoms with Gasteiger partial charge in [0.25, 0.3) is 0 Å². The van der Waals surface area contributed by atoms with Crippen LogP contribution in [0.5, 0.6) is 11.5 Å². The van der Waals surface area contributed by atoms with E-state index in [1.165, 1.54) is 32.1 Å². The fraction of sp³-hybridized carbons (Fsp3) is 0.650. The predicted octanol–water partition coefficient (Wildman–Crippen LogP) is 3.76. The molecule has 2 aliphatic rings. The molecule has 0 radical (unpaired) electrons. The molecular formula is C20H29ClN2O3. The molecule has 1 aliphatic carbocycles. The van der Waals surface area contributed by atoms with Crippen LogP contribution in [0.1, 0.15) is 50.5 Å². The maximum atomic E-state index is 11.5. The Bertz CT molecular complexity index is 617. The van der Waals surface area contributed by atoms with Crippen molar-refractivity contribution in [2.75, 3.05) is 26.3 Å². The average Bonchev–Trinajstić information content (AvgIpc) is 2.86. The molecule has 5 nitrogen and oxygen atoms in total. The zero-order valence-corrected chi connectivity index (χ0v) is 16.1. The number of carbonyl (C=O) groups excluding carboxylic acids is 1. The molecule has 26 heavy (non-hydrogen) atoms. The quantitative estimate of drug-likeness (QED) is 0.782. The van der Waals surface area contributed by atoms with E-state index in [9.17, 15) is 4.79 Å². The van der Waals surface area contributed by atoms with Crippen molar-refractivity contribution in [2.24, 2.45) is 11.7 Å². The summed E-state index contributed by atoms with van der Waals surface area (Å²) in [6.07, 6.45) is 8.59. The Morgan fingerprint density at radius 3 is 2.69 bits per heavy atom. The number of amides is 1. The molecule has 1 aromatic carbocycles. The van der Waals surface area contributed by atoms with Gasteiger partial charge in [0.1, 0.15) is 0 Å². The van der Waals surface area contributed by atoms with E-state index in [4.69, 9.17) is 26.8 Å². The minimum Gasteiger partial charge on any atom is -0.489 e. The second kappa shape index (κ2) is 9.47. The van der Waals surface area contributed by atoms with Crippen molar-refractivity contribution in [3.05, 3.63) is 22.7 Å². The van der Waals surface area contributed by atoms with E-state index < -0.39 is 0 Å². The van der Waals surface area contributed by atoms with Crippen molar-refractivity contribution in [3.8, 4) is 11.5 Å². The lowest BCUT2D eigenvalue weighted by atomic mass is 9.87. The fourth-order valence-corrected chi connectivity index (χ4v) is 4.20. The highest BCUT2D eigenvalue weighted by atomic mass is 35.5. The molecule has 3 rings (SSSR count). The molecule has 0 bridgehead atoms. The summed E-state index contributed by atoms with van der Waals surface area (Å²) in [7, 11) is 0. The number of primary amides is 1. The smallest absolute Gasteiger partial charge is 0.231 e. The number of fused-ring (bicyclic) bond motifs is 1. The number of benzene rings is 1. The highest BCUT2D eigenvalue weighted by Gasteiger charge is 2.19. The van der Waals surface area contributed by atoms with Crippen molar-refractivity contribution >= 4 is 17.5 Å². The van der Waals surface area contributed by atoms with Crippen LogP contribution >= 0.6 is 11.6 Å². The Morgan fingerprint density at radius 2 is 1.92 bits per heavy atom. The minimum absolute atomic E-state index is 0.263. The predicted molar refractivity (Wildman–Crippen MR) is 103 cm³/mol. The Hall–Kier alpha value is -1.46. The number of rotatable bonds is 7. The Kier molecular flexibility index (Phi) is 7.03. The molecule has 1 fully saturated rings. The summed E-state index contributed by atoms with van der Waals surface area (Å²) in [4.78, 5) is 13.6. The summed E-state index contributed by atoms with van der Waals surface area (Å²) in [5.74, 6) is 1.79. The molecule has 0 unspecified atom stereocenters. The van der Waals surface area contributed by atoms with Gasteiger partial charge in [0.15, 0.2) is 11.5 Å². The number of halogens is 1. The van der Waals surface area contributed by atoms with Gasteiger partial charge in [-0.2, -0.15) is 0 Å². The van der Waals surface area contributed by atoms with Crippen LogP contribution in [-0.4, -0.2) is 37.1 Å². The summed E-state index contributed by atoms with van der Waals surface area (Å²) in [5.41, 5.74) is 6.48. The van der Waals surface area contributed by atoms with E-state index in [-0.39, 0.29) is 12.5 Å². The molecule has 1 amide bonds. The minimum atomic E-state index is -0.297. The topological polar surface area (TPSA) is 64.8 Å². The number of hydrogen-bond acceptors (Lipinski definition) is 4. The number of nitrogens with zero attached hydrogens (tertiary/aromatic N) is 1. The third-order valence-corrected chi connectivity index (χ3v) is 5.51. The van der Waals surface area contributed by atoms with E-state index in [1.807, 2.05) is 12.1 Å². The zero-order chi connectivity index (χ0) is 18.4. The van der Waals surface area contributed by atoms with Gasteiger partial charge >= 0.3 is 0 Å². The van der Waals surface area contributed by atoms with Gasteiger partial charge in [0.2, 0.25) is 5.91 Å². The van der Waals surface area contributed by atoms with Gasteiger partial charge in [0.05, 0.1) is 24.8 Å². The number of hydrogen-bond donors (Lipinski definition) is 1. The van der Waals surface area contributed by atoms with Crippen LogP contribution in [0.25, 0.3) is 0 Å². The van der Waals surface area contributed by atoms with Crippen LogP contribution in [0.15, 0.2) is 12.1 Å². The van der Waals surface area contributed by atoms with Crippen molar-refractivity contribution in [1.29, 1.82) is 0 Å².